The summed E-state index contributed by atoms with van der Waals surface area (Å²) in [6.07, 6.45) is 11.4. The number of hydrogen-bond acceptors (Lipinski definition) is 0. The van der Waals surface area contributed by atoms with Gasteiger partial charge in [0.25, 0.3) is 0 Å². The number of hydrogen-bond donors (Lipinski definition) is 0. The molecule has 1 aliphatic carbocycles. The summed E-state index contributed by atoms with van der Waals surface area (Å²) < 4.78 is 0. The molecule has 0 saturated heterocycles. The number of rotatable bonds is 2. The van der Waals surface area contributed by atoms with E-state index in [2.05, 4.69) is 21.9 Å². The van der Waals surface area contributed by atoms with Crippen molar-refractivity contribution >= 4 is 15.9 Å². The Labute approximate surface area is 71.5 Å². The molecule has 0 nitrogen and oxygen atoms in total. The van der Waals surface area contributed by atoms with Gasteiger partial charge in [-0.1, -0.05) is 22.4 Å². The van der Waals surface area contributed by atoms with E-state index in [0.717, 1.165) is 17.2 Å². The van der Waals surface area contributed by atoms with Crippen molar-refractivity contribution in [3.8, 4) is 12.3 Å². The minimum absolute atomic E-state index is 0.751. The lowest BCUT2D eigenvalue weighted by molar-refractivity contribution is 0.527. The average molecular weight is 201 g/mol. The van der Waals surface area contributed by atoms with Crippen LogP contribution in [0.15, 0.2) is 0 Å². The molecule has 0 aliphatic heterocycles. The van der Waals surface area contributed by atoms with Crippen LogP contribution in [0.4, 0.5) is 0 Å². The molecule has 1 heteroatoms. The van der Waals surface area contributed by atoms with E-state index in [0.29, 0.717) is 0 Å². The van der Waals surface area contributed by atoms with Gasteiger partial charge in [-0.2, -0.15) is 0 Å². The number of halogens is 1. The summed E-state index contributed by atoms with van der Waals surface area (Å²) in [4.78, 5) is 0.751. The molecule has 56 valence electrons. The van der Waals surface area contributed by atoms with Crippen LogP contribution in [-0.2, 0) is 0 Å². The zero-order valence-corrected chi connectivity index (χ0v) is 7.73. The van der Waals surface area contributed by atoms with E-state index in [1.807, 2.05) is 0 Å². The van der Waals surface area contributed by atoms with Crippen LogP contribution >= 0.6 is 15.9 Å². The molecule has 10 heavy (non-hydrogen) atoms. The molecule has 0 spiro atoms. The lowest BCUT2D eigenvalue weighted by Gasteiger charge is -2.10. The normalized spacial score (nSPS) is 32.0. The van der Waals surface area contributed by atoms with Crippen LogP contribution in [0.25, 0.3) is 0 Å². The number of terminal acetylenes is 1. The largest absolute Gasteiger partial charge is 0.120 e. The van der Waals surface area contributed by atoms with Gasteiger partial charge in [-0.3, -0.25) is 0 Å². The highest BCUT2D eigenvalue weighted by Gasteiger charge is 2.23. The van der Waals surface area contributed by atoms with E-state index in [1.54, 1.807) is 0 Å². The molecule has 0 aromatic heterocycles. The summed E-state index contributed by atoms with van der Waals surface area (Å²) in [5.74, 6) is 3.55. The molecule has 2 atom stereocenters. The van der Waals surface area contributed by atoms with E-state index in [9.17, 15) is 0 Å². The van der Waals surface area contributed by atoms with Crippen molar-refractivity contribution in [3.05, 3.63) is 0 Å². The molecule has 0 amide bonds. The van der Waals surface area contributed by atoms with Gasteiger partial charge in [0.05, 0.1) is 0 Å². The lowest BCUT2D eigenvalue weighted by Crippen LogP contribution is -2.05. The Balaban J connectivity index is 2.21. The maximum atomic E-state index is 5.19. The minimum Gasteiger partial charge on any atom is -0.120 e. The lowest BCUT2D eigenvalue weighted by atomic mass is 10.0. The van der Waals surface area contributed by atoms with Crippen LogP contribution in [0.3, 0.4) is 0 Å². The Bertz CT molecular complexity index is 134. The van der Waals surface area contributed by atoms with Crippen LogP contribution in [0.1, 0.15) is 32.1 Å². The van der Waals surface area contributed by atoms with E-state index in [1.165, 1.54) is 25.7 Å². The van der Waals surface area contributed by atoms with Crippen molar-refractivity contribution in [1.82, 2.24) is 0 Å². The van der Waals surface area contributed by atoms with E-state index >= 15 is 0 Å². The second kappa shape index (κ2) is 4.03. The van der Waals surface area contributed by atoms with Crippen molar-refractivity contribution in [2.75, 3.05) is 0 Å². The molecule has 1 aliphatic rings. The van der Waals surface area contributed by atoms with Crippen LogP contribution in [0, 0.1) is 18.3 Å². The first-order chi connectivity index (χ1) is 4.84. The standard InChI is InChI=1S/C9H13Br/c1-2-3-5-8-6-4-7-9(8)10/h1,8-9H,3-7H2. The monoisotopic (exact) mass is 200 g/mol. The zero-order chi connectivity index (χ0) is 7.40. The molecule has 1 rings (SSSR count). The third-order valence-corrected chi connectivity index (χ3v) is 3.43. The molecule has 0 bridgehead atoms. The molecular weight excluding hydrogens is 188 g/mol. The van der Waals surface area contributed by atoms with Crippen molar-refractivity contribution in [3.63, 3.8) is 0 Å². The second-order valence-corrected chi connectivity index (χ2v) is 4.13. The van der Waals surface area contributed by atoms with Gasteiger partial charge in [-0.05, 0) is 25.2 Å². The van der Waals surface area contributed by atoms with Gasteiger partial charge in [0.1, 0.15) is 0 Å². The fraction of sp³-hybridized carbons (Fsp3) is 0.778. The van der Waals surface area contributed by atoms with Crippen LogP contribution < -0.4 is 0 Å². The summed E-state index contributed by atoms with van der Waals surface area (Å²) >= 11 is 3.67. The fourth-order valence-corrected chi connectivity index (χ4v) is 2.44. The molecule has 0 aromatic carbocycles. The molecule has 0 heterocycles. The van der Waals surface area contributed by atoms with Crippen LogP contribution in [0.2, 0.25) is 0 Å². The molecule has 0 aromatic rings. The van der Waals surface area contributed by atoms with Gasteiger partial charge in [-0.25, -0.2) is 0 Å². The topological polar surface area (TPSA) is 0 Å². The third kappa shape index (κ3) is 2.02. The molecule has 2 unspecified atom stereocenters. The Kier molecular flexibility index (Phi) is 3.28. The van der Waals surface area contributed by atoms with Gasteiger partial charge >= 0.3 is 0 Å². The first-order valence-corrected chi connectivity index (χ1v) is 4.83. The Hall–Kier alpha value is 0.0400. The summed E-state index contributed by atoms with van der Waals surface area (Å²) in [5, 5.41) is 0. The van der Waals surface area contributed by atoms with Gasteiger partial charge in [0, 0.05) is 11.2 Å². The highest BCUT2D eigenvalue weighted by atomic mass is 79.9. The quantitative estimate of drug-likeness (QED) is 0.476. The van der Waals surface area contributed by atoms with Crippen LogP contribution in [-0.4, -0.2) is 4.83 Å². The SMILES string of the molecule is C#CCCC1CCCC1Br. The van der Waals surface area contributed by atoms with Crippen molar-refractivity contribution in [2.45, 2.75) is 36.9 Å². The Morgan fingerprint density at radius 3 is 2.80 bits per heavy atom. The molecule has 0 N–H and O–H groups in total. The van der Waals surface area contributed by atoms with Gasteiger partial charge in [-0.15, -0.1) is 12.3 Å². The molecular formula is C9H13Br. The average Bonchev–Trinajstić information content (AvgIpc) is 2.31. The van der Waals surface area contributed by atoms with Gasteiger partial charge < -0.3 is 0 Å². The van der Waals surface area contributed by atoms with E-state index in [-0.39, 0.29) is 0 Å². The first kappa shape index (κ1) is 8.14. The molecule has 1 saturated carbocycles. The third-order valence-electron chi connectivity index (χ3n) is 2.23. The Morgan fingerprint density at radius 1 is 1.50 bits per heavy atom. The highest BCUT2D eigenvalue weighted by Crippen LogP contribution is 2.34. The zero-order valence-electron chi connectivity index (χ0n) is 6.15. The summed E-state index contributed by atoms with van der Waals surface area (Å²) in [5.41, 5.74) is 0. The maximum Gasteiger partial charge on any atom is 0.0174 e. The smallest absolute Gasteiger partial charge is 0.0174 e. The van der Waals surface area contributed by atoms with Crippen molar-refractivity contribution < 1.29 is 0 Å². The summed E-state index contributed by atoms with van der Waals surface area (Å²) in [7, 11) is 0. The minimum atomic E-state index is 0.751. The van der Waals surface area contributed by atoms with Gasteiger partial charge in [0.2, 0.25) is 0 Å². The summed E-state index contributed by atoms with van der Waals surface area (Å²) in [6.45, 7) is 0. The van der Waals surface area contributed by atoms with E-state index < -0.39 is 0 Å². The first-order valence-electron chi connectivity index (χ1n) is 3.92. The second-order valence-electron chi connectivity index (χ2n) is 2.95. The maximum absolute atomic E-state index is 5.19. The predicted molar refractivity (Wildman–Crippen MR) is 48.1 cm³/mol. The van der Waals surface area contributed by atoms with Crippen LogP contribution in [0.5, 0.6) is 0 Å². The molecule has 1 fully saturated rings. The number of alkyl halides is 1. The summed E-state index contributed by atoms with van der Waals surface area (Å²) in [6, 6.07) is 0. The van der Waals surface area contributed by atoms with Crippen molar-refractivity contribution in [2.24, 2.45) is 5.92 Å². The Morgan fingerprint density at radius 2 is 2.30 bits per heavy atom. The van der Waals surface area contributed by atoms with Gasteiger partial charge in [0.15, 0.2) is 0 Å². The van der Waals surface area contributed by atoms with E-state index in [4.69, 9.17) is 6.42 Å². The molecule has 0 radical (unpaired) electrons. The highest BCUT2D eigenvalue weighted by molar-refractivity contribution is 9.09. The fourth-order valence-electron chi connectivity index (χ4n) is 1.59. The van der Waals surface area contributed by atoms with Crippen molar-refractivity contribution in [1.29, 1.82) is 0 Å². The predicted octanol–water partition coefficient (Wildman–Crippen LogP) is 2.96.